The predicted octanol–water partition coefficient (Wildman–Crippen LogP) is 1.52. The van der Waals surface area contributed by atoms with Crippen molar-refractivity contribution in [2.24, 2.45) is 0 Å². The third-order valence-electron chi connectivity index (χ3n) is 6.10. The van der Waals surface area contributed by atoms with Crippen LogP contribution in [0.1, 0.15) is 24.8 Å². The number of amides is 2. The Labute approximate surface area is 153 Å². The molecule has 0 saturated carbocycles. The lowest BCUT2D eigenvalue weighted by atomic mass is 9.86. The summed E-state index contributed by atoms with van der Waals surface area (Å²) in [5.41, 5.74) is 2.03. The summed E-state index contributed by atoms with van der Waals surface area (Å²) in [5, 5.41) is 4.08. The maximum atomic E-state index is 13.0. The van der Waals surface area contributed by atoms with Gasteiger partial charge in [0.2, 0.25) is 11.8 Å². The molecule has 2 aliphatic rings. The van der Waals surface area contributed by atoms with E-state index in [-0.39, 0.29) is 17.4 Å². The molecule has 26 heavy (non-hydrogen) atoms. The first-order valence-electron chi connectivity index (χ1n) is 9.38. The smallest absolute Gasteiger partial charge is 0.227 e. The predicted molar refractivity (Wildman–Crippen MR) is 101 cm³/mol. The van der Waals surface area contributed by atoms with Gasteiger partial charge in [0.05, 0.1) is 6.42 Å². The Morgan fingerprint density at radius 2 is 2.08 bits per heavy atom. The monoisotopic (exact) mass is 354 g/mol. The number of aromatic amines is 1. The molecule has 0 unspecified atom stereocenters. The minimum absolute atomic E-state index is 0.0900. The summed E-state index contributed by atoms with van der Waals surface area (Å²) in [5.74, 6) is 0.295. The van der Waals surface area contributed by atoms with Crippen LogP contribution in [0.4, 0.5) is 0 Å². The van der Waals surface area contributed by atoms with E-state index >= 15 is 0 Å². The number of hydrogen-bond donors (Lipinski definition) is 2. The fraction of sp³-hybridized carbons (Fsp3) is 0.500. The van der Waals surface area contributed by atoms with Crippen LogP contribution in [0.2, 0.25) is 0 Å². The molecule has 0 aliphatic carbocycles. The molecule has 1 aromatic carbocycles. The fourth-order valence-electron chi connectivity index (χ4n) is 4.36. The third-order valence-corrected chi connectivity index (χ3v) is 6.10. The van der Waals surface area contributed by atoms with Gasteiger partial charge in [0.15, 0.2) is 0 Å². The number of likely N-dealkylation sites (N-methyl/N-ethyl adjacent to an activating group) is 1. The van der Waals surface area contributed by atoms with Crippen molar-refractivity contribution in [1.82, 2.24) is 20.1 Å². The zero-order valence-electron chi connectivity index (χ0n) is 15.3. The second-order valence-electron chi connectivity index (χ2n) is 7.60. The van der Waals surface area contributed by atoms with Gasteiger partial charge < -0.3 is 15.2 Å². The summed E-state index contributed by atoms with van der Waals surface area (Å²) in [6.45, 7) is 3.00. The topological polar surface area (TPSA) is 68.4 Å². The fourth-order valence-corrected chi connectivity index (χ4v) is 4.36. The van der Waals surface area contributed by atoms with Gasteiger partial charge in [-0.2, -0.15) is 0 Å². The molecule has 2 aliphatic heterocycles. The summed E-state index contributed by atoms with van der Waals surface area (Å²) in [6, 6.07) is 8.09. The van der Waals surface area contributed by atoms with Crippen molar-refractivity contribution >= 4 is 22.7 Å². The Bertz CT molecular complexity index is 830. The van der Waals surface area contributed by atoms with Crippen molar-refractivity contribution < 1.29 is 9.59 Å². The lowest BCUT2D eigenvalue weighted by Crippen LogP contribution is -2.62. The molecule has 1 spiro atoms. The highest BCUT2D eigenvalue weighted by Gasteiger charge is 2.42. The van der Waals surface area contributed by atoms with E-state index in [9.17, 15) is 9.59 Å². The molecular weight excluding hydrogens is 328 g/mol. The number of hydrogen-bond acceptors (Lipinski definition) is 3. The van der Waals surface area contributed by atoms with E-state index < -0.39 is 0 Å². The number of fused-ring (bicyclic) bond motifs is 1. The van der Waals surface area contributed by atoms with Crippen LogP contribution >= 0.6 is 0 Å². The highest BCUT2D eigenvalue weighted by Crippen LogP contribution is 2.31. The van der Waals surface area contributed by atoms with Crippen LogP contribution in [-0.4, -0.2) is 65.4 Å². The lowest BCUT2D eigenvalue weighted by molar-refractivity contribution is -0.136. The number of H-pyrrole nitrogens is 1. The van der Waals surface area contributed by atoms with Crippen LogP contribution in [0.25, 0.3) is 10.9 Å². The van der Waals surface area contributed by atoms with Crippen molar-refractivity contribution in [3.63, 3.8) is 0 Å². The standard InChI is InChI=1S/C20H26N4O2/c1-23-10-11-24(14-20(23)7-6-18(25)21-9-8-20)19(26)12-15-13-22-17-5-3-2-4-16(15)17/h2-5,13,22H,6-12,14H2,1H3,(H,21,25)/t20-/m1/s1. The molecule has 1 atom stereocenters. The van der Waals surface area contributed by atoms with E-state index in [1.807, 2.05) is 29.3 Å². The molecule has 138 valence electrons. The number of para-hydroxylation sites is 1. The van der Waals surface area contributed by atoms with Gasteiger partial charge in [-0.1, -0.05) is 18.2 Å². The van der Waals surface area contributed by atoms with E-state index in [1.54, 1.807) is 0 Å². The molecule has 2 saturated heterocycles. The van der Waals surface area contributed by atoms with Gasteiger partial charge in [-0.3, -0.25) is 14.5 Å². The van der Waals surface area contributed by atoms with Gasteiger partial charge in [-0.05, 0) is 31.5 Å². The molecule has 6 heteroatoms. The largest absolute Gasteiger partial charge is 0.361 e. The first kappa shape index (κ1) is 17.1. The molecule has 0 bridgehead atoms. The van der Waals surface area contributed by atoms with Gasteiger partial charge in [-0.25, -0.2) is 0 Å². The number of nitrogens with one attached hydrogen (secondary N) is 2. The maximum absolute atomic E-state index is 13.0. The Morgan fingerprint density at radius 1 is 1.23 bits per heavy atom. The highest BCUT2D eigenvalue weighted by atomic mass is 16.2. The van der Waals surface area contributed by atoms with Crippen LogP contribution in [-0.2, 0) is 16.0 Å². The SMILES string of the molecule is CN1CCN(C(=O)Cc2c[nH]c3ccccc23)C[C@@]12CCNC(=O)CC2. The Hall–Kier alpha value is -2.34. The second kappa shape index (κ2) is 6.76. The average Bonchev–Trinajstić information content (AvgIpc) is 2.95. The number of carbonyl (C=O) groups is 2. The molecule has 6 nitrogen and oxygen atoms in total. The molecule has 3 heterocycles. The Morgan fingerprint density at radius 3 is 2.96 bits per heavy atom. The van der Waals surface area contributed by atoms with Crippen LogP contribution < -0.4 is 5.32 Å². The molecule has 1 aromatic heterocycles. The molecule has 2 N–H and O–H groups in total. The normalized spacial score (nSPS) is 24.7. The number of nitrogens with zero attached hydrogens (tertiary/aromatic N) is 2. The van der Waals surface area contributed by atoms with Gasteiger partial charge in [0.25, 0.3) is 0 Å². The first-order chi connectivity index (χ1) is 12.6. The molecule has 2 aromatic rings. The maximum Gasteiger partial charge on any atom is 0.227 e. The van der Waals surface area contributed by atoms with Gasteiger partial charge in [0, 0.05) is 55.2 Å². The molecular formula is C20H26N4O2. The number of carbonyl (C=O) groups excluding carboxylic acids is 2. The summed E-state index contributed by atoms with van der Waals surface area (Å²) >= 11 is 0. The van der Waals surface area contributed by atoms with Crippen molar-refractivity contribution in [3.05, 3.63) is 36.0 Å². The summed E-state index contributed by atoms with van der Waals surface area (Å²) in [7, 11) is 2.12. The molecule has 2 amide bonds. The quantitative estimate of drug-likeness (QED) is 0.859. The summed E-state index contributed by atoms with van der Waals surface area (Å²) in [6.07, 6.45) is 4.61. The molecule has 2 fully saturated rings. The van der Waals surface area contributed by atoms with Crippen LogP contribution in [0, 0.1) is 0 Å². The zero-order chi connectivity index (χ0) is 18.1. The van der Waals surface area contributed by atoms with Crippen LogP contribution in [0.5, 0.6) is 0 Å². The first-order valence-corrected chi connectivity index (χ1v) is 9.38. The average molecular weight is 354 g/mol. The molecule has 4 rings (SSSR count). The minimum atomic E-state index is -0.0900. The van der Waals surface area contributed by atoms with Crippen molar-refractivity contribution in [2.75, 3.05) is 33.2 Å². The van der Waals surface area contributed by atoms with Crippen LogP contribution in [0.3, 0.4) is 0 Å². The van der Waals surface area contributed by atoms with Crippen molar-refractivity contribution in [3.8, 4) is 0 Å². The number of benzene rings is 1. The van der Waals surface area contributed by atoms with Crippen LogP contribution in [0.15, 0.2) is 30.5 Å². The van der Waals surface area contributed by atoms with Gasteiger partial charge in [-0.15, -0.1) is 0 Å². The van der Waals surface area contributed by atoms with Crippen molar-refractivity contribution in [2.45, 2.75) is 31.2 Å². The Kier molecular flexibility index (Phi) is 4.44. The highest BCUT2D eigenvalue weighted by molar-refractivity contribution is 5.89. The van der Waals surface area contributed by atoms with E-state index in [4.69, 9.17) is 0 Å². The van der Waals surface area contributed by atoms with E-state index in [0.717, 1.165) is 42.4 Å². The van der Waals surface area contributed by atoms with E-state index in [1.165, 1.54) is 0 Å². The molecule has 0 radical (unpaired) electrons. The van der Waals surface area contributed by atoms with Gasteiger partial charge >= 0.3 is 0 Å². The number of aromatic nitrogens is 1. The Balaban J connectivity index is 1.50. The number of rotatable bonds is 2. The summed E-state index contributed by atoms with van der Waals surface area (Å²) < 4.78 is 0. The van der Waals surface area contributed by atoms with Gasteiger partial charge in [0.1, 0.15) is 0 Å². The zero-order valence-corrected chi connectivity index (χ0v) is 15.3. The minimum Gasteiger partial charge on any atom is -0.361 e. The van der Waals surface area contributed by atoms with E-state index in [2.05, 4.69) is 28.3 Å². The lowest BCUT2D eigenvalue weighted by Gasteiger charge is -2.49. The second-order valence-corrected chi connectivity index (χ2v) is 7.60. The summed E-state index contributed by atoms with van der Waals surface area (Å²) in [4.78, 5) is 32.4. The van der Waals surface area contributed by atoms with E-state index in [0.29, 0.717) is 25.9 Å². The third kappa shape index (κ3) is 3.09. The number of piperazine rings is 1. The van der Waals surface area contributed by atoms with Crippen molar-refractivity contribution in [1.29, 1.82) is 0 Å².